The van der Waals surface area contributed by atoms with Crippen LogP contribution in [-0.4, -0.2) is 21.5 Å². The van der Waals surface area contributed by atoms with Gasteiger partial charge in [0, 0.05) is 9.65 Å². The van der Waals surface area contributed by atoms with Gasteiger partial charge < -0.3 is 0 Å². The number of alkyl halides is 2. The van der Waals surface area contributed by atoms with E-state index in [4.69, 9.17) is 11.6 Å². The van der Waals surface area contributed by atoms with Gasteiger partial charge in [-0.15, -0.1) is 0 Å². The average Bonchev–Trinajstić information content (AvgIpc) is 2.64. The topological polar surface area (TPSA) is 37.4 Å². The van der Waals surface area contributed by atoms with Gasteiger partial charge in [0.1, 0.15) is 0 Å². The van der Waals surface area contributed by atoms with Crippen LogP contribution in [0, 0.1) is 11.8 Å². The third-order valence-electron chi connectivity index (χ3n) is 4.00. The highest BCUT2D eigenvalue weighted by molar-refractivity contribution is 9.12. The second-order valence-electron chi connectivity index (χ2n) is 5.18. The Morgan fingerprint density at radius 3 is 2.00 bits per heavy atom. The summed E-state index contributed by atoms with van der Waals surface area (Å²) in [6, 6.07) is 6.98. The Balaban J connectivity index is 1.97. The Bertz CT molecular complexity index is 552. The third kappa shape index (κ3) is 2.24. The number of anilines is 1. The summed E-state index contributed by atoms with van der Waals surface area (Å²) in [5.41, 5.74) is 0.496. The Labute approximate surface area is 138 Å². The van der Waals surface area contributed by atoms with E-state index in [1.54, 1.807) is 24.3 Å². The minimum absolute atomic E-state index is 0.128. The number of rotatable bonds is 1. The molecule has 2 fully saturated rings. The summed E-state index contributed by atoms with van der Waals surface area (Å²) in [4.78, 5) is 26.8. The standard InChI is InChI=1S/C14H12Br2ClNO2/c15-9-5-7-8(6-10(9)16)14(20)18(13(7)19)12-4-2-1-3-11(12)17/h1-4,7-10H,5-6H2/t7-,8+,9+,10-. The molecule has 20 heavy (non-hydrogen) atoms. The number of para-hydroxylation sites is 1. The fraction of sp³-hybridized carbons (Fsp3) is 0.429. The molecule has 1 aromatic rings. The second-order valence-corrected chi connectivity index (χ2v) is 7.94. The zero-order valence-corrected chi connectivity index (χ0v) is 14.4. The maximum absolute atomic E-state index is 12.6. The zero-order valence-electron chi connectivity index (χ0n) is 10.4. The Morgan fingerprint density at radius 2 is 1.50 bits per heavy atom. The number of benzene rings is 1. The fourth-order valence-electron chi connectivity index (χ4n) is 2.97. The van der Waals surface area contributed by atoms with Crippen LogP contribution in [0.1, 0.15) is 12.8 Å². The molecule has 1 aliphatic carbocycles. The van der Waals surface area contributed by atoms with Crippen molar-refractivity contribution in [3.63, 3.8) is 0 Å². The van der Waals surface area contributed by atoms with Crippen LogP contribution >= 0.6 is 43.5 Å². The van der Waals surface area contributed by atoms with Crippen LogP contribution in [0.25, 0.3) is 0 Å². The first-order chi connectivity index (χ1) is 9.50. The molecule has 0 unspecified atom stereocenters. The van der Waals surface area contributed by atoms with Gasteiger partial charge in [0.25, 0.3) is 0 Å². The van der Waals surface area contributed by atoms with Crippen molar-refractivity contribution in [1.29, 1.82) is 0 Å². The van der Waals surface area contributed by atoms with E-state index in [0.29, 0.717) is 23.6 Å². The molecule has 0 radical (unpaired) electrons. The van der Waals surface area contributed by atoms with E-state index >= 15 is 0 Å². The van der Waals surface area contributed by atoms with Crippen molar-refractivity contribution in [1.82, 2.24) is 0 Å². The normalized spacial score (nSPS) is 33.5. The summed E-state index contributed by atoms with van der Waals surface area (Å²) in [7, 11) is 0. The highest BCUT2D eigenvalue weighted by atomic mass is 79.9. The number of hydrogen-bond acceptors (Lipinski definition) is 2. The van der Waals surface area contributed by atoms with Crippen molar-refractivity contribution < 1.29 is 9.59 Å². The summed E-state index contributed by atoms with van der Waals surface area (Å²) < 4.78 is 0. The smallest absolute Gasteiger partial charge is 0.237 e. The predicted octanol–water partition coefficient (Wildman–Crippen LogP) is 3.77. The van der Waals surface area contributed by atoms with Gasteiger partial charge in [-0.2, -0.15) is 0 Å². The molecule has 6 heteroatoms. The monoisotopic (exact) mass is 419 g/mol. The zero-order chi connectivity index (χ0) is 14.4. The average molecular weight is 422 g/mol. The van der Waals surface area contributed by atoms with Crippen LogP contribution in [0.4, 0.5) is 5.69 Å². The van der Waals surface area contributed by atoms with Gasteiger partial charge in [0.15, 0.2) is 0 Å². The molecule has 1 aromatic carbocycles. The number of carbonyl (C=O) groups is 2. The maximum atomic E-state index is 12.6. The minimum atomic E-state index is -0.239. The highest BCUT2D eigenvalue weighted by Crippen LogP contribution is 2.45. The van der Waals surface area contributed by atoms with E-state index in [0.717, 1.165) is 0 Å². The molecule has 1 saturated carbocycles. The summed E-state index contributed by atoms with van der Waals surface area (Å²) in [6.45, 7) is 0. The first kappa shape index (κ1) is 14.5. The van der Waals surface area contributed by atoms with E-state index in [1.807, 2.05) is 0 Å². The third-order valence-corrected chi connectivity index (χ3v) is 7.06. The van der Waals surface area contributed by atoms with Crippen LogP contribution in [0.3, 0.4) is 0 Å². The molecule has 2 amide bonds. The molecule has 106 valence electrons. The lowest BCUT2D eigenvalue weighted by molar-refractivity contribution is -0.122. The number of fused-ring (bicyclic) bond motifs is 1. The molecule has 1 heterocycles. The van der Waals surface area contributed by atoms with Crippen molar-refractivity contribution in [3.05, 3.63) is 29.3 Å². The Hall–Kier alpha value is -0.390. The summed E-state index contributed by atoms with van der Waals surface area (Å²) >= 11 is 13.3. The van der Waals surface area contributed by atoms with Gasteiger partial charge in [-0.05, 0) is 25.0 Å². The van der Waals surface area contributed by atoms with Crippen molar-refractivity contribution in [2.75, 3.05) is 4.90 Å². The molecule has 0 aromatic heterocycles. The van der Waals surface area contributed by atoms with Crippen molar-refractivity contribution >= 4 is 61.0 Å². The van der Waals surface area contributed by atoms with Crippen LogP contribution in [-0.2, 0) is 9.59 Å². The van der Waals surface area contributed by atoms with E-state index in [9.17, 15) is 9.59 Å². The number of nitrogens with zero attached hydrogens (tertiary/aromatic N) is 1. The van der Waals surface area contributed by atoms with Gasteiger partial charge in [0.2, 0.25) is 11.8 Å². The molecule has 3 rings (SSSR count). The second kappa shape index (κ2) is 5.43. The molecule has 1 saturated heterocycles. The molecule has 0 spiro atoms. The predicted molar refractivity (Wildman–Crippen MR) is 85.6 cm³/mol. The SMILES string of the molecule is O=C1[C@H]2C[C@@H](Br)[C@@H](Br)C[C@H]2C(=O)N1c1ccccc1Cl. The highest BCUT2D eigenvalue weighted by Gasteiger charge is 2.52. The van der Waals surface area contributed by atoms with E-state index in [-0.39, 0.29) is 33.3 Å². The first-order valence-corrected chi connectivity index (χ1v) is 8.62. The van der Waals surface area contributed by atoms with Crippen molar-refractivity contribution in [2.45, 2.75) is 22.5 Å². The van der Waals surface area contributed by atoms with Crippen LogP contribution in [0.5, 0.6) is 0 Å². The lowest BCUT2D eigenvalue weighted by Crippen LogP contribution is -2.34. The molecule has 2 aliphatic rings. The summed E-state index contributed by atoms with van der Waals surface area (Å²) in [6.07, 6.45) is 1.35. The first-order valence-electron chi connectivity index (χ1n) is 6.41. The van der Waals surface area contributed by atoms with Crippen molar-refractivity contribution in [2.24, 2.45) is 11.8 Å². The van der Waals surface area contributed by atoms with E-state index in [1.165, 1.54) is 4.90 Å². The Morgan fingerprint density at radius 1 is 1.00 bits per heavy atom. The van der Waals surface area contributed by atoms with Gasteiger partial charge in [-0.25, -0.2) is 4.90 Å². The molecular weight excluding hydrogens is 409 g/mol. The number of amides is 2. The largest absolute Gasteiger partial charge is 0.274 e. The number of hydrogen-bond donors (Lipinski definition) is 0. The molecule has 0 bridgehead atoms. The van der Waals surface area contributed by atoms with Gasteiger partial charge in [0.05, 0.1) is 22.5 Å². The molecular formula is C14H12Br2ClNO2. The maximum Gasteiger partial charge on any atom is 0.237 e. The molecule has 3 nitrogen and oxygen atoms in total. The van der Waals surface area contributed by atoms with Crippen LogP contribution in [0.2, 0.25) is 5.02 Å². The van der Waals surface area contributed by atoms with Gasteiger partial charge in [-0.3, -0.25) is 9.59 Å². The molecule has 1 aliphatic heterocycles. The van der Waals surface area contributed by atoms with Crippen LogP contribution in [0.15, 0.2) is 24.3 Å². The Kier molecular flexibility index (Phi) is 3.95. The number of halogens is 3. The number of carbonyl (C=O) groups excluding carboxylic acids is 2. The van der Waals surface area contributed by atoms with Crippen molar-refractivity contribution in [3.8, 4) is 0 Å². The van der Waals surface area contributed by atoms with E-state index < -0.39 is 0 Å². The summed E-state index contributed by atoms with van der Waals surface area (Å²) in [5.74, 6) is -0.734. The van der Waals surface area contributed by atoms with Gasteiger partial charge >= 0.3 is 0 Å². The minimum Gasteiger partial charge on any atom is -0.274 e. The van der Waals surface area contributed by atoms with Gasteiger partial charge in [-0.1, -0.05) is 55.6 Å². The fourth-order valence-corrected chi connectivity index (χ4v) is 4.42. The quantitative estimate of drug-likeness (QED) is 0.511. The molecule has 0 N–H and O–H groups in total. The number of imide groups is 1. The summed E-state index contributed by atoms with van der Waals surface area (Å²) in [5, 5.41) is 0.429. The lowest BCUT2D eigenvalue weighted by atomic mass is 9.81. The van der Waals surface area contributed by atoms with Crippen LogP contribution < -0.4 is 4.90 Å². The van der Waals surface area contributed by atoms with E-state index in [2.05, 4.69) is 31.9 Å². The molecule has 4 atom stereocenters. The lowest BCUT2D eigenvalue weighted by Gasteiger charge is -2.29.